The van der Waals surface area contributed by atoms with E-state index < -0.39 is 11.6 Å². The molecule has 1 aliphatic rings. The van der Waals surface area contributed by atoms with Crippen LogP contribution in [0.1, 0.15) is 49.3 Å². The summed E-state index contributed by atoms with van der Waals surface area (Å²) in [6.45, 7) is 9.45. The molecule has 0 atom stereocenters. The second kappa shape index (κ2) is 9.00. The molecular weight excluding hydrogens is 434 g/mol. The van der Waals surface area contributed by atoms with Crippen molar-refractivity contribution in [2.75, 3.05) is 20.8 Å². The van der Waals surface area contributed by atoms with E-state index in [0.717, 1.165) is 33.4 Å². The van der Waals surface area contributed by atoms with E-state index >= 15 is 0 Å². The van der Waals surface area contributed by atoms with Crippen LogP contribution in [0.2, 0.25) is 0 Å². The third-order valence-corrected chi connectivity index (χ3v) is 5.90. The van der Waals surface area contributed by atoms with Gasteiger partial charge in [-0.3, -0.25) is 0 Å². The average Bonchev–Trinajstić information content (AvgIpc) is 3.18. The highest BCUT2D eigenvalue weighted by molar-refractivity contribution is 5.93. The van der Waals surface area contributed by atoms with E-state index in [2.05, 4.69) is 27.8 Å². The zero-order chi connectivity index (χ0) is 24.6. The number of hydrogen-bond donors (Lipinski definition) is 0. The summed E-state index contributed by atoms with van der Waals surface area (Å²) in [5.41, 5.74) is 4.60. The molecule has 34 heavy (non-hydrogen) atoms. The van der Waals surface area contributed by atoms with Crippen LogP contribution in [-0.4, -0.2) is 52.9 Å². The summed E-state index contributed by atoms with van der Waals surface area (Å²) in [6.07, 6.45) is 0.408. The molecule has 1 amide bonds. The number of benzene rings is 1. The molecule has 0 saturated carbocycles. The maximum Gasteiger partial charge on any atom is 0.410 e. The van der Waals surface area contributed by atoms with E-state index in [0.29, 0.717) is 31.6 Å². The fourth-order valence-corrected chi connectivity index (χ4v) is 4.32. The van der Waals surface area contributed by atoms with Gasteiger partial charge in [-0.2, -0.15) is 0 Å². The summed E-state index contributed by atoms with van der Waals surface area (Å²) in [5.74, 6) is -0.237. The molecule has 8 nitrogen and oxygen atoms in total. The Balaban J connectivity index is 1.70. The van der Waals surface area contributed by atoms with Crippen LogP contribution >= 0.6 is 0 Å². The maximum atomic E-state index is 12.5. The van der Waals surface area contributed by atoms with Gasteiger partial charge in [0.15, 0.2) is 0 Å². The van der Waals surface area contributed by atoms with Gasteiger partial charge >= 0.3 is 12.1 Å². The number of aryl methyl sites for hydroxylation is 1. The molecule has 0 bridgehead atoms. The highest BCUT2D eigenvalue weighted by atomic mass is 16.6. The number of carbonyl (C=O) groups is 2. The smallest absolute Gasteiger partial charge is 0.410 e. The van der Waals surface area contributed by atoms with Crippen molar-refractivity contribution in [1.29, 1.82) is 0 Å². The van der Waals surface area contributed by atoms with E-state index in [1.165, 1.54) is 14.2 Å². The molecule has 0 fully saturated rings. The summed E-state index contributed by atoms with van der Waals surface area (Å²) in [7, 11) is 2.83. The van der Waals surface area contributed by atoms with Gasteiger partial charge in [0.25, 0.3) is 0 Å². The fourth-order valence-electron chi connectivity index (χ4n) is 4.32. The number of aromatic nitrogens is 2. The van der Waals surface area contributed by atoms with Crippen molar-refractivity contribution >= 4 is 23.0 Å². The first-order valence-electron chi connectivity index (χ1n) is 11.4. The largest absolute Gasteiger partial charge is 0.480 e. The van der Waals surface area contributed by atoms with Gasteiger partial charge in [0, 0.05) is 35.2 Å². The van der Waals surface area contributed by atoms with Gasteiger partial charge < -0.3 is 23.7 Å². The van der Waals surface area contributed by atoms with Crippen LogP contribution in [0.15, 0.2) is 30.3 Å². The van der Waals surface area contributed by atoms with Gasteiger partial charge in [-0.1, -0.05) is 13.0 Å². The first-order valence-corrected chi connectivity index (χ1v) is 11.4. The number of fused-ring (bicyclic) bond motifs is 3. The molecule has 2 aromatic heterocycles. The number of rotatable bonds is 4. The lowest BCUT2D eigenvalue weighted by atomic mass is 10.0. The topological polar surface area (TPSA) is 82.9 Å². The average molecular weight is 466 g/mol. The molecule has 0 aliphatic carbocycles. The van der Waals surface area contributed by atoms with Gasteiger partial charge in [0.2, 0.25) is 5.88 Å². The van der Waals surface area contributed by atoms with Crippen LogP contribution in [0.5, 0.6) is 5.88 Å². The van der Waals surface area contributed by atoms with Crippen LogP contribution in [0.25, 0.3) is 22.2 Å². The van der Waals surface area contributed by atoms with Crippen molar-refractivity contribution in [3.8, 4) is 17.1 Å². The molecule has 3 heterocycles. The van der Waals surface area contributed by atoms with Gasteiger partial charge in [-0.15, -0.1) is 0 Å². The minimum atomic E-state index is -0.523. The molecule has 1 aliphatic heterocycles. The first kappa shape index (κ1) is 23.6. The lowest BCUT2D eigenvalue weighted by Crippen LogP contribution is -2.41. The van der Waals surface area contributed by atoms with Crippen molar-refractivity contribution < 1.29 is 23.8 Å². The summed E-state index contributed by atoms with van der Waals surface area (Å²) < 4.78 is 18.1. The Labute approximate surface area is 199 Å². The van der Waals surface area contributed by atoms with Crippen LogP contribution < -0.4 is 4.74 Å². The maximum absolute atomic E-state index is 12.5. The zero-order valence-corrected chi connectivity index (χ0v) is 20.6. The molecule has 0 radical (unpaired) electrons. The Morgan fingerprint density at radius 2 is 1.85 bits per heavy atom. The predicted octanol–water partition coefficient (Wildman–Crippen LogP) is 4.81. The lowest BCUT2D eigenvalue weighted by molar-refractivity contribution is 0.0200. The summed E-state index contributed by atoms with van der Waals surface area (Å²) in [6, 6.07) is 10.1. The number of amides is 1. The van der Waals surface area contributed by atoms with E-state index in [9.17, 15) is 9.59 Å². The normalized spacial score (nSPS) is 13.5. The van der Waals surface area contributed by atoms with Crippen LogP contribution in [-0.2, 0) is 29.0 Å². The number of methoxy groups -OCH3 is 2. The fraction of sp³-hybridized carbons (Fsp3) is 0.423. The zero-order valence-electron chi connectivity index (χ0n) is 20.6. The van der Waals surface area contributed by atoms with Crippen LogP contribution in [0.3, 0.4) is 0 Å². The van der Waals surface area contributed by atoms with Crippen molar-refractivity contribution in [1.82, 2.24) is 14.5 Å². The molecule has 0 saturated heterocycles. The Bertz CT molecular complexity index is 1260. The molecule has 8 heteroatoms. The Morgan fingerprint density at radius 1 is 1.09 bits per heavy atom. The van der Waals surface area contributed by atoms with E-state index in [4.69, 9.17) is 14.2 Å². The molecular formula is C26H31N3O5. The Kier molecular flexibility index (Phi) is 6.25. The SMILES string of the molecule is CCc1cc(C(=O)OC)c(OC)nc1-c1ccc2c(c1)cc1n2CCN(C(=O)OC(C)(C)C)C1. The number of carbonyl (C=O) groups excluding carboxylic acids is 2. The van der Waals surface area contributed by atoms with Crippen LogP contribution in [0, 0.1) is 0 Å². The van der Waals surface area contributed by atoms with Gasteiger partial charge in [-0.05, 0) is 57.0 Å². The predicted molar refractivity (Wildman–Crippen MR) is 129 cm³/mol. The van der Waals surface area contributed by atoms with Gasteiger partial charge in [-0.25, -0.2) is 14.6 Å². The molecule has 1 aromatic carbocycles. The van der Waals surface area contributed by atoms with E-state index in [1.807, 2.05) is 33.8 Å². The number of ether oxygens (including phenoxy) is 3. The Morgan fingerprint density at radius 3 is 2.50 bits per heavy atom. The number of hydrogen-bond acceptors (Lipinski definition) is 6. The quantitative estimate of drug-likeness (QED) is 0.514. The molecule has 3 aromatic rings. The molecule has 0 spiro atoms. The number of esters is 1. The van der Waals surface area contributed by atoms with Crippen LogP contribution in [0.4, 0.5) is 4.79 Å². The third kappa shape index (κ3) is 4.44. The van der Waals surface area contributed by atoms with Crippen molar-refractivity contribution in [2.24, 2.45) is 0 Å². The first-order chi connectivity index (χ1) is 16.1. The van der Waals surface area contributed by atoms with Crippen molar-refractivity contribution in [2.45, 2.75) is 52.8 Å². The summed E-state index contributed by atoms with van der Waals surface area (Å²) >= 11 is 0. The summed E-state index contributed by atoms with van der Waals surface area (Å²) in [4.78, 5) is 31.1. The van der Waals surface area contributed by atoms with Gasteiger partial charge in [0.05, 0.1) is 26.5 Å². The lowest BCUT2D eigenvalue weighted by Gasteiger charge is -2.31. The van der Waals surface area contributed by atoms with E-state index in [-0.39, 0.29) is 12.0 Å². The number of nitrogens with zero attached hydrogens (tertiary/aromatic N) is 3. The van der Waals surface area contributed by atoms with Crippen molar-refractivity contribution in [3.05, 3.63) is 47.2 Å². The highest BCUT2D eigenvalue weighted by Crippen LogP contribution is 2.33. The van der Waals surface area contributed by atoms with Gasteiger partial charge in [0.1, 0.15) is 11.2 Å². The standard InChI is InChI=1S/C26H31N3O5/c1-7-16-14-20(24(30)33-6)23(32-5)27-22(16)17-8-9-21-18(12-17)13-19-15-28(10-11-29(19)21)25(31)34-26(2,3)4/h8-9,12-14H,7,10-11,15H2,1-6H3. The minimum absolute atomic E-state index is 0.239. The molecule has 0 unspecified atom stereocenters. The Hall–Kier alpha value is -3.55. The third-order valence-electron chi connectivity index (χ3n) is 5.90. The second-order valence-electron chi connectivity index (χ2n) is 9.36. The molecule has 4 rings (SSSR count). The van der Waals surface area contributed by atoms with E-state index in [1.54, 1.807) is 11.0 Å². The second-order valence-corrected chi connectivity index (χ2v) is 9.36. The summed E-state index contributed by atoms with van der Waals surface area (Å²) in [5, 5.41) is 1.07. The molecule has 0 N–H and O–H groups in total. The number of pyridine rings is 1. The minimum Gasteiger partial charge on any atom is -0.480 e. The van der Waals surface area contributed by atoms with Crippen molar-refractivity contribution in [3.63, 3.8) is 0 Å². The highest BCUT2D eigenvalue weighted by Gasteiger charge is 2.27. The molecule has 180 valence electrons. The monoisotopic (exact) mass is 465 g/mol.